The summed E-state index contributed by atoms with van der Waals surface area (Å²) in [6, 6.07) is 20.3. The molecule has 0 aromatic heterocycles. The Kier molecular flexibility index (Phi) is 6.60. The van der Waals surface area contributed by atoms with Gasteiger partial charge in [0.15, 0.2) is 0 Å². The van der Waals surface area contributed by atoms with Crippen LogP contribution in [0.1, 0.15) is 63.6 Å². The lowest BCUT2D eigenvalue weighted by atomic mass is 9.76. The van der Waals surface area contributed by atoms with Crippen molar-refractivity contribution < 1.29 is 19.1 Å². The van der Waals surface area contributed by atoms with Crippen molar-refractivity contribution in [2.24, 2.45) is 5.92 Å². The summed E-state index contributed by atoms with van der Waals surface area (Å²) in [5.74, 6) is -0.296. The zero-order valence-corrected chi connectivity index (χ0v) is 20.1. The predicted molar refractivity (Wildman–Crippen MR) is 136 cm³/mol. The summed E-state index contributed by atoms with van der Waals surface area (Å²) in [6.07, 6.45) is 6.10. The third-order valence-electron chi connectivity index (χ3n) is 6.57. The molecule has 1 aliphatic heterocycles. The lowest BCUT2D eigenvalue weighted by Crippen LogP contribution is -2.29. The van der Waals surface area contributed by atoms with Gasteiger partial charge in [-0.2, -0.15) is 0 Å². The summed E-state index contributed by atoms with van der Waals surface area (Å²) in [4.78, 5) is 25.5. The van der Waals surface area contributed by atoms with Gasteiger partial charge in [-0.05, 0) is 72.4 Å². The average molecular weight is 488 g/mol. The number of fused-ring (bicyclic) bond motifs is 3. The van der Waals surface area contributed by atoms with E-state index in [1.165, 1.54) is 5.56 Å². The van der Waals surface area contributed by atoms with Gasteiger partial charge in [0.25, 0.3) is 0 Å². The monoisotopic (exact) mass is 487 g/mol. The van der Waals surface area contributed by atoms with Crippen LogP contribution in [0.5, 0.6) is 5.75 Å². The first kappa shape index (κ1) is 23.2. The maximum Gasteiger partial charge on any atom is 0.343 e. The summed E-state index contributed by atoms with van der Waals surface area (Å²) in [5.41, 5.74) is 3.93. The SMILES string of the molecule is CCCOC(=O)c1ccccc1OC(=O)c1ccc2c(c1)[C@H]1C=CC[C@H]1[C@@H](c1ccc(Cl)cc1)N2. The largest absolute Gasteiger partial charge is 0.462 e. The van der Waals surface area contributed by atoms with Gasteiger partial charge >= 0.3 is 11.9 Å². The second kappa shape index (κ2) is 9.96. The number of benzene rings is 3. The normalized spacial score (nSPS) is 19.9. The van der Waals surface area contributed by atoms with Crippen LogP contribution >= 0.6 is 11.6 Å². The highest BCUT2D eigenvalue weighted by atomic mass is 35.5. The van der Waals surface area contributed by atoms with Crippen LogP contribution in [0.25, 0.3) is 0 Å². The molecular weight excluding hydrogens is 462 g/mol. The minimum atomic E-state index is -0.512. The molecule has 2 aliphatic rings. The first-order valence-corrected chi connectivity index (χ1v) is 12.2. The minimum absolute atomic E-state index is 0.151. The number of para-hydroxylation sites is 1. The van der Waals surface area contributed by atoms with Gasteiger partial charge in [0, 0.05) is 16.6 Å². The molecule has 0 saturated carbocycles. The van der Waals surface area contributed by atoms with Gasteiger partial charge in [0.05, 0.1) is 18.2 Å². The first-order chi connectivity index (χ1) is 17.0. The second-order valence-corrected chi connectivity index (χ2v) is 9.29. The molecule has 3 aromatic rings. The third kappa shape index (κ3) is 4.69. The fourth-order valence-corrected chi connectivity index (χ4v) is 5.00. The van der Waals surface area contributed by atoms with Crippen molar-refractivity contribution in [2.45, 2.75) is 31.7 Å². The molecule has 1 aliphatic carbocycles. The molecule has 35 heavy (non-hydrogen) atoms. The fraction of sp³-hybridized carbons (Fsp3) is 0.241. The van der Waals surface area contributed by atoms with E-state index in [2.05, 4.69) is 29.6 Å². The van der Waals surface area contributed by atoms with Crippen LogP contribution < -0.4 is 10.1 Å². The molecule has 3 aromatic carbocycles. The highest BCUT2D eigenvalue weighted by Crippen LogP contribution is 2.50. The molecule has 0 spiro atoms. The Morgan fingerprint density at radius 2 is 1.83 bits per heavy atom. The van der Waals surface area contributed by atoms with E-state index in [1.54, 1.807) is 30.3 Å². The van der Waals surface area contributed by atoms with E-state index in [1.807, 2.05) is 31.2 Å². The highest BCUT2D eigenvalue weighted by Gasteiger charge is 2.38. The molecule has 0 fully saturated rings. The topological polar surface area (TPSA) is 64.6 Å². The fourth-order valence-electron chi connectivity index (χ4n) is 4.88. The lowest BCUT2D eigenvalue weighted by molar-refractivity contribution is 0.0499. The number of hydrogen-bond donors (Lipinski definition) is 1. The van der Waals surface area contributed by atoms with Gasteiger partial charge in [0.2, 0.25) is 0 Å². The van der Waals surface area contributed by atoms with Crippen molar-refractivity contribution in [1.29, 1.82) is 0 Å². The summed E-state index contributed by atoms with van der Waals surface area (Å²) in [7, 11) is 0. The highest BCUT2D eigenvalue weighted by molar-refractivity contribution is 6.30. The summed E-state index contributed by atoms with van der Waals surface area (Å²) >= 11 is 6.10. The van der Waals surface area contributed by atoms with Crippen molar-refractivity contribution in [3.8, 4) is 5.75 Å². The number of halogens is 1. The zero-order valence-electron chi connectivity index (χ0n) is 19.4. The molecule has 0 saturated heterocycles. The standard InChI is InChI=1S/C29H26ClNO4/c1-2-16-34-29(33)23-6-3-4-9-26(23)35-28(32)19-12-15-25-24(17-19)21-7-5-8-22(21)27(31-25)18-10-13-20(30)14-11-18/h3-7,9-15,17,21-22,27,31H,2,8,16H2,1H3/t21-,22+,27+/m0/s1. The van der Waals surface area contributed by atoms with Gasteiger partial charge in [-0.15, -0.1) is 0 Å². The number of esters is 2. The molecule has 1 N–H and O–H groups in total. The Labute approximate surface area is 209 Å². The van der Waals surface area contributed by atoms with Gasteiger partial charge in [0.1, 0.15) is 11.3 Å². The number of carbonyl (C=O) groups excluding carboxylic acids is 2. The van der Waals surface area contributed by atoms with E-state index in [0.29, 0.717) is 24.5 Å². The van der Waals surface area contributed by atoms with E-state index in [0.717, 1.165) is 22.7 Å². The smallest absolute Gasteiger partial charge is 0.343 e. The number of hydrogen-bond acceptors (Lipinski definition) is 5. The molecule has 0 unspecified atom stereocenters. The molecular formula is C29H26ClNO4. The Bertz CT molecular complexity index is 1280. The molecule has 178 valence electrons. The van der Waals surface area contributed by atoms with Crippen LogP contribution in [0.4, 0.5) is 5.69 Å². The zero-order chi connectivity index (χ0) is 24.4. The van der Waals surface area contributed by atoms with Crippen LogP contribution in [-0.2, 0) is 4.74 Å². The van der Waals surface area contributed by atoms with Crippen molar-refractivity contribution in [1.82, 2.24) is 0 Å². The summed E-state index contributed by atoms with van der Waals surface area (Å²) in [5, 5.41) is 4.38. The number of rotatable bonds is 6. The Morgan fingerprint density at radius 3 is 2.63 bits per heavy atom. The molecule has 0 bridgehead atoms. The van der Waals surface area contributed by atoms with Crippen molar-refractivity contribution >= 4 is 29.2 Å². The van der Waals surface area contributed by atoms with Crippen LogP contribution in [-0.4, -0.2) is 18.5 Å². The molecule has 1 heterocycles. The number of allylic oxidation sites excluding steroid dienone is 2. The summed E-state index contributed by atoms with van der Waals surface area (Å²) < 4.78 is 10.9. The number of carbonyl (C=O) groups is 2. The number of nitrogens with one attached hydrogen (secondary N) is 1. The van der Waals surface area contributed by atoms with Gasteiger partial charge < -0.3 is 14.8 Å². The molecule has 0 radical (unpaired) electrons. The number of anilines is 1. The quantitative estimate of drug-likeness (QED) is 0.231. The van der Waals surface area contributed by atoms with E-state index >= 15 is 0 Å². The first-order valence-electron chi connectivity index (χ1n) is 11.9. The molecule has 3 atom stereocenters. The lowest BCUT2D eigenvalue weighted by Gasteiger charge is -2.37. The van der Waals surface area contributed by atoms with Crippen molar-refractivity contribution in [3.05, 3.63) is 106 Å². The maximum atomic E-state index is 13.1. The van der Waals surface area contributed by atoms with E-state index in [9.17, 15) is 9.59 Å². The molecule has 5 nitrogen and oxygen atoms in total. The van der Waals surface area contributed by atoms with Crippen molar-refractivity contribution in [2.75, 3.05) is 11.9 Å². The number of ether oxygens (including phenoxy) is 2. The minimum Gasteiger partial charge on any atom is -0.462 e. The molecule has 5 rings (SSSR count). The van der Waals surface area contributed by atoms with Crippen LogP contribution in [0.15, 0.2) is 78.9 Å². The van der Waals surface area contributed by atoms with Gasteiger partial charge in [-0.3, -0.25) is 0 Å². The predicted octanol–water partition coefficient (Wildman–Crippen LogP) is 6.95. The Balaban J connectivity index is 1.40. The second-order valence-electron chi connectivity index (χ2n) is 8.85. The van der Waals surface area contributed by atoms with Crippen LogP contribution in [0, 0.1) is 5.92 Å². The average Bonchev–Trinajstić information content (AvgIpc) is 3.38. The summed E-state index contributed by atoms with van der Waals surface area (Å²) in [6.45, 7) is 2.23. The van der Waals surface area contributed by atoms with E-state index in [-0.39, 0.29) is 23.3 Å². The van der Waals surface area contributed by atoms with Gasteiger partial charge in [-0.1, -0.05) is 54.9 Å². The van der Waals surface area contributed by atoms with E-state index in [4.69, 9.17) is 21.1 Å². The Morgan fingerprint density at radius 1 is 1.03 bits per heavy atom. The van der Waals surface area contributed by atoms with E-state index < -0.39 is 11.9 Å². The van der Waals surface area contributed by atoms with Gasteiger partial charge in [-0.25, -0.2) is 9.59 Å². The van der Waals surface area contributed by atoms with Crippen LogP contribution in [0.3, 0.4) is 0 Å². The molecule has 0 amide bonds. The van der Waals surface area contributed by atoms with Crippen LogP contribution in [0.2, 0.25) is 5.02 Å². The molecule has 6 heteroatoms. The Hall–Kier alpha value is -3.57. The van der Waals surface area contributed by atoms with Crippen molar-refractivity contribution in [3.63, 3.8) is 0 Å². The maximum absolute atomic E-state index is 13.1. The third-order valence-corrected chi connectivity index (χ3v) is 6.83.